The standard InChI is InChI=1S/C11H6Cl2N2O/c12-8-1-2-9(10(13)3-8)7-4-14-11(6-16)15-5-7/h1-6H. The first kappa shape index (κ1) is 11.0. The number of nitrogens with zero attached hydrogens (tertiary/aromatic N) is 2. The van der Waals surface area contributed by atoms with E-state index in [1.807, 2.05) is 0 Å². The van der Waals surface area contributed by atoms with Gasteiger partial charge < -0.3 is 0 Å². The third-order valence-corrected chi connectivity index (χ3v) is 2.57. The maximum absolute atomic E-state index is 10.4. The Morgan fingerprint density at radius 2 is 1.81 bits per heavy atom. The summed E-state index contributed by atoms with van der Waals surface area (Å²) >= 11 is 11.8. The molecule has 0 radical (unpaired) electrons. The molecular formula is C11H6Cl2N2O. The first-order valence-electron chi connectivity index (χ1n) is 4.43. The summed E-state index contributed by atoms with van der Waals surface area (Å²) in [6.45, 7) is 0. The summed E-state index contributed by atoms with van der Waals surface area (Å²) in [7, 11) is 0. The van der Waals surface area contributed by atoms with E-state index in [0.29, 0.717) is 16.3 Å². The van der Waals surface area contributed by atoms with Crippen molar-refractivity contribution in [3.05, 3.63) is 46.5 Å². The van der Waals surface area contributed by atoms with Gasteiger partial charge in [0.25, 0.3) is 0 Å². The first-order chi connectivity index (χ1) is 7.70. The Morgan fingerprint density at radius 3 is 2.38 bits per heavy atom. The van der Waals surface area contributed by atoms with Gasteiger partial charge in [0.1, 0.15) is 0 Å². The molecule has 16 heavy (non-hydrogen) atoms. The fourth-order valence-corrected chi connectivity index (χ4v) is 1.78. The Hall–Kier alpha value is -1.45. The molecule has 2 rings (SSSR count). The van der Waals surface area contributed by atoms with Crippen LogP contribution < -0.4 is 0 Å². The van der Waals surface area contributed by atoms with Crippen molar-refractivity contribution in [1.29, 1.82) is 0 Å². The number of halogens is 2. The van der Waals surface area contributed by atoms with Gasteiger partial charge in [-0.2, -0.15) is 0 Å². The zero-order chi connectivity index (χ0) is 11.5. The highest BCUT2D eigenvalue weighted by Crippen LogP contribution is 2.29. The minimum atomic E-state index is 0.147. The Balaban J connectivity index is 2.46. The molecule has 0 aliphatic rings. The molecule has 0 saturated heterocycles. The van der Waals surface area contributed by atoms with E-state index in [1.54, 1.807) is 30.6 Å². The Bertz CT molecular complexity index is 526. The minimum absolute atomic E-state index is 0.147. The molecule has 0 aliphatic heterocycles. The molecule has 0 spiro atoms. The predicted octanol–water partition coefficient (Wildman–Crippen LogP) is 3.26. The van der Waals surface area contributed by atoms with Crippen LogP contribution in [0.2, 0.25) is 10.0 Å². The van der Waals surface area contributed by atoms with Gasteiger partial charge in [-0.3, -0.25) is 4.79 Å². The van der Waals surface area contributed by atoms with E-state index < -0.39 is 0 Å². The number of carbonyl (C=O) groups is 1. The number of carbonyl (C=O) groups excluding carboxylic acids is 1. The van der Waals surface area contributed by atoms with Crippen molar-refractivity contribution in [1.82, 2.24) is 9.97 Å². The number of rotatable bonds is 2. The van der Waals surface area contributed by atoms with E-state index in [-0.39, 0.29) is 5.82 Å². The molecule has 1 heterocycles. The summed E-state index contributed by atoms with van der Waals surface area (Å²) in [6.07, 6.45) is 3.69. The molecule has 1 aromatic heterocycles. The molecule has 0 bridgehead atoms. The number of hydrogen-bond donors (Lipinski definition) is 0. The highest BCUT2D eigenvalue weighted by atomic mass is 35.5. The monoisotopic (exact) mass is 252 g/mol. The van der Waals surface area contributed by atoms with Crippen molar-refractivity contribution in [2.24, 2.45) is 0 Å². The Kier molecular flexibility index (Phi) is 3.17. The predicted molar refractivity (Wildman–Crippen MR) is 62.9 cm³/mol. The fraction of sp³-hybridized carbons (Fsp3) is 0. The molecule has 0 atom stereocenters. The topological polar surface area (TPSA) is 42.9 Å². The average Bonchev–Trinajstić information content (AvgIpc) is 2.29. The normalized spacial score (nSPS) is 10.1. The molecular weight excluding hydrogens is 247 g/mol. The molecule has 3 nitrogen and oxygen atoms in total. The number of aldehydes is 1. The molecule has 0 unspecified atom stereocenters. The molecule has 80 valence electrons. The third-order valence-electron chi connectivity index (χ3n) is 2.02. The van der Waals surface area contributed by atoms with Crippen LogP contribution in [0.4, 0.5) is 0 Å². The third kappa shape index (κ3) is 2.21. The maximum Gasteiger partial charge on any atom is 0.192 e. The van der Waals surface area contributed by atoms with E-state index >= 15 is 0 Å². The van der Waals surface area contributed by atoms with Crippen molar-refractivity contribution in [2.75, 3.05) is 0 Å². The summed E-state index contributed by atoms with van der Waals surface area (Å²) in [5, 5.41) is 1.09. The van der Waals surface area contributed by atoms with Crippen LogP contribution in [0.25, 0.3) is 11.1 Å². The van der Waals surface area contributed by atoms with Gasteiger partial charge in [-0.15, -0.1) is 0 Å². The van der Waals surface area contributed by atoms with Gasteiger partial charge in [0, 0.05) is 33.6 Å². The quantitative estimate of drug-likeness (QED) is 0.771. The highest BCUT2D eigenvalue weighted by Gasteiger charge is 2.05. The molecule has 0 amide bonds. The second-order valence-corrected chi connectivity index (χ2v) is 3.92. The van der Waals surface area contributed by atoms with Crippen molar-refractivity contribution in [2.45, 2.75) is 0 Å². The number of hydrogen-bond acceptors (Lipinski definition) is 3. The smallest absolute Gasteiger partial charge is 0.192 e. The summed E-state index contributed by atoms with van der Waals surface area (Å²) in [6, 6.07) is 5.16. The van der Waals surface area contributed by atoms with Crippen LogP contribution >= 0.6 is 23.2 Å². The van der Waals surface area contributed by atoms with Crippen molar-refractivity contribution < 1.29 is 4.79 Å². The van der Waals surface area contributed by atoms with E-state index in [0.717, 1.165) is 11.1 Å². The second-order valence-electron chi connectivity index (χ2n) is 3.07. The van der Waals surface area contributed by atoms with Gasteiger partial charge in [0.15, 0.2) is 12.1 Å². The molecule has 5 heteroatoms. The maximum atomic E-state index is 10.4. The Morgan fingerprint density at radius 1 is 1.12 bits per heavy atom. The van der Waals surface area contributed by atoms with Gasteiger partial charge in [0.05, 0.1) is 0 Å². The van der Waals surface area contributed by atoms with E-state index in [4.69, 9.17) is 23.2 Å². The lowest BCUT2D eigenvalue weighted by Crippen LogP contribution is -1.92. The summed E-state index contributed by atoms with van der Waals surface area (Å²) < 4.78 is 0. The molecule has 0 saturated carbocycles. The van der Waals surface area contributed by atoms with Crippen molar-refractivity contribution >= 4 is 29.5 Å². The van der Waals surface area contributed by atoms with Crippen LogP contribution in [0, 0.1) is 0 Å². The van der Waals surface area contributed by atoms with Crippen molar-refractivity contribution in [3.8, 4) is 11.1 Å². The number of benzene rings is 1. The summed E-state index contributed by atoms with van der Waals surface area (Å²) in [4.78, 5) is 18.1. The van der Waals surface area contributed by atoms with Crippen LogP contribution in [-0.2, 0) is 0 Å². The lowest BCUT2D eigenvalue weighted by molar-refractivity contribution is 0.111. The summed E-state index contributed by atoms with van der Waals surface area (Å²) in [5.41, 5.74) is 1.52. The average molecular weight is 253 g/mol. The van der Waals surface area contributed by atoms with Crippen LogP contribution in [-0.4, -0.2) is 16.3 Å². The molecule has 0 N–H and O–H groups in total. The first-order valence-corrected chi connectivity index (χ1v) is 5.19. The van der Waals surface area contributed by atoms with Gasteiger partial charge in [0.2, 0.25) is 0 Å². The molecule has 0 fully saturated rings. The van der Waals surface area contributed by atoms with Gasteiger partial charge in [-0.1, -0.05) is 29.3 Å². The van der Waals surface area contributed by atoms with Gasteiger partial charge in [-0.05, 0) is 12.1 Å². The van der Waals surface area contributed by atoms with Crippen molar-refractivity contribution in [3.63, 3.8) is 0 Å². The van der Waals surface area contributed by atoms with E-state index in [9.17, 15) is 4.79 Å². The largest absolute Gasteiger partial charge is 0.294 e. The Labute approximate surface area is 102 Å². The molecule has 1 aromatic carbocycles. The van der Waals surface area contributed by atoms with Crippen LogP contribution in [0.3, 0.4) is 0 Å². The van der Waals surface area contributed by atoms with Gasteiger partial charge >= 0.3 is 0 Å². The fourth-order valence-electron chi connectivity index (χ4n) is 1.26. The summed E-state index contributed by atoms with van der Waals surface area (Å²) in [5.74, 6) is 0.147. The van der Waals surface area contributed by atoms with E-state index in [2.05, 4.69) is 9.97 Å². The van der Waals surface area contributed by atoms with Crippen LogP contribution in [0.1, 0.15) is 10.6 Å². The van der Waals surface area contributed by atoms with E-state index in [1.165, 1.54) is 0 Å². The SMILES string of the molecule is O=Cc1ncc(-c2ccc(Cl)cc2Cl)cn1. The lowest BCUT2D eigenvalue weighted by Gasteiger charge is -2.03. The molecule has 2 aromatic rings. The second kappa shape index (κ2) is 4.60. The minimum Gasteiger partial charge on any atom is -0.294 e. The van der Waals surface area contributed by atoms with Gasteiger partial charge in [-0.25, -0.2) is 9.97 Å². The number of aromatic nitrogens is 2. The zero-order valence-corrected chi connectivity index (χ0v) is 9.53. The zero-order valence-electron chi connectivity index (χ0n) is 8.02. The molecule has 0 aliphatic carbocycles. The lowest BCUT2D eigenvalue weighted by atomic mass is 10.1. The highest BCUT2D eigenvalue weighted by molar-refractivity contribution is 6.36. The van der Waals surface area contributed by atoms with Crippen LogP contribution in [0.5, 0.6) is 0 Å². The van der Waals surface area contributed by atoms with Crippen LogP contribution in [0.15, 0.2) is 30.6 Å².